The van der Waals surface area contributed by atoms with Crippen LogP contribution in [0.5, 0.6) is 17.4 Å². The van der Waals surface area contributed by atoms with Gasteiger partial charge in [0.15, 0.2) is 0 Å². The summed E-state index contributed by atoms with van der Waals surface area (Å²) in [6.45, 7) is 1.67. The minimum absolute atomic E-state index is 0.158. The van der Waals surface area contributed by atoms with Crippen molar-refractivity contribution < 1.29 is 19.4 Å². The van der Waals surface area contributed by atoms with E-state index >= 15 is 0 Å². The molecule has 0 bridgehead atoms. The van der Waals surface area contributed by atoms with Crippen molar-refractivity contribution in [1.82, 2.24) is 9.78 Å². The zero-order valence-corrected chi connectivity index (χ0v) is 11.8. The fourth-order valence-corrected chi connectivity index (χ4v) is 1.99. The highest BCUT2D eigenvalue weighted by atomic mass is 16.5. The van der Waals surface area contributed by atoms with Crippen molar-refractivity contribution in [2.75, 3.05) is 14.2 Å². The maximum atomic E-state index is 12.5. The number of hydrogen-bond donors (Lipinski definition) is 1. The number of carbonyl (C=O) groups excluding carboxylic acids is 1. The molecule has 0 atom stereocenters. The average Bonchev–Trinajstić information content (AvgIpc) is 2.70. The Hall–Kier alpha value is -2.50. The maximum Gasteiger partial charge on any atom is 0.220 e. The summed E-state index contributed by atoms with van der Waals surface area (Å²) < 4.78 is 11.5. The lowest BCUT2D eigenvalue weighted by atomic mass is 10.0. The molecule has 1 N–H and O–H groups in total. The van der Waals surface area contributed by atoms with E-state index in [9.17, 15) is 9.90 Å². The SMILES string of the molecule is COc1cc(OC)cc(C(=O)c2c(C)nn(C)c2O)c1. The van der Waals surface area contributed by atoms with Gasteiger partial charge in [-0.3, -0.25) is 4.79 Å². The van der Waals surface area contributed by atoms with E-state index in [2.05, 4.69) is 5.10 Å². The molecule has 0 amide bonds. The van der Waals surface area contributed by atoms with E-state index in [1.807, 2.05) is 0 Å². The van der Waals surface area contributed by atoms with E-state index in [4.69, 9.17) is 9.47 Å². The highest BCUT2D eigenvalue weighted by Crippen LogP contribution is 2.28. The number of ether oxygens (including phenoxy) is 2. The molecule has 0 fully saturated rings. The molecule has 1 aromatic heterocycles. The summed E-state index contributed by atoms with van der Waals surface area (Å²) in [6, 6.07) is 4.86. The van der Waals surface area contributed by atoms with Gasteiger partial charge >= 0.3 is 0 Å². The molecule has 0 aliphatic heterocycles. The molecule has 0 aliphatic carbocycles. The first-order valence-electron chi connectivity index (χ1n) is 5.98. The third-order valence-corrected chi connectivity index (χ3v) is 3.03. The molecule has 2 aromatic rings. The van der Waals surface area contributed by atoms with Crippen molar-refractivity contribution in [3.8, 4) is 17.4 Å². The second-order valence-corrected chi connectivity index (χ2v) is 4.34. The third kappa shape index (κ3) is 2.32. The summed E-state index contributed by atoms with van der Waals surface area (Å²) in [4.78, 5) is 12.5. The molecule has 20 heavy (non-hydrogen) atoms. The molecular weight excluding hydrogens is 260 g/mol. The van der Waals surface area contributed by atoms with Crippen LogP contribution in [-0.4, -0.2) is 34.9 Å². The van der Waals surface area contributed by atoms with Crippen LogP contribution in [0.4, 0.5) is 0 Å². The number of rotatable bonds is 4. The molecule has 0 unspecified atom stereocenters. The van der Waals surface area contributed by atoms with Gasteiger partial charge in [-0.15, -0.1) is 0 Å². The summed E-state index contributed by atoms with van der Waals surface area (Å²) in [6.07, 6.45) is 0. The summed E-state index contributed by atoms with van der Waals surface area (Å²) >= 11 is 0. The molecule has 0 aliphatic rings. The number of aryl methyl sites for hydroxylation is 2. The largest absolute Gasteiger partial charge is 0.497 e. The van der Waals surface area contributed by atoms with Crippen molar-refractivity contribution >= 4 is 5.78 Å². The molecule has 1 aromatic carbocycles. The zero-order chi connectivity index (χ0) is 14.9. The number of benzene rings is 1. The van der Waals surface area contributed by atoms with Crippen molar-refractivity contribution in [2.45, 2.75) is 6.92 Å². The van der Waals surface area contributed by atoms with Gasteiger partial charge in [0.25, 0.3) is 0 Å². The van der Waals surface area contributed by atoms with Gasteiger partial charge in [0, 0.05) is 18.7 Å². The van der Waals surface area contributed by atoms with E-state index in [0.29, 0.717) is 22.8 Å². The maximum absolute atomic E-state index is 12.5. The van der Waals surface area contributed by atoms with Gasteiger partial charge in [-0.2, -0.15) is 5.10 Å². The molecule has 2 rings (SSSR count). The van der Waals surface area contributed by atoms with Crippen LogP contribution >= 0.6 is 0 Å². The smallest absolute Gasteiger partial charge is 0.220 e. The van der Waals surface area contributed by atoms with Crippen molar-refractivity contribution in [2.24, 2.45) is 7.05 Å². The van der Waals surface area contributed by atoms with Crippen molar-refractivity contribution in [3.63, 3.8) is 0 Å². The van der Waals surface area contributed by atoms with Gasteiger partial charge in [0.1, 0.15) is 17.1 Å². The lowest BCUT2D eigenvalue weighted by molar-refractivity contribution is 0.103. The summed E-state index contributed by atoms with van der Waals surface area (Å²) in [5.74, 6) is 0.530. The Morgan fingerprint density at radius 3 is 2.15 bits per heavy atom. The summed E-state index contributed by atoms with van der Waals surface area (Å²) in [5, 5.41) is 13.9. The molecule has 6 nitrogen and oxygen atoms in total. The Kier molecular flexibility index (Phi) is 3.65. The molecular formula is C14H16N2O4. The van der Waals surface area contributed by atoms with E-state index < -0.39 is 0 Å². The first-order valence-corrected chi connectivity index (χ1v) is 5.98. The summed E-state index contributed by atoms with van der Waals surface area (Å²) in [7, 11) is 4.59. The Morgan fingerprint density at radius 2 is 1.75 bits per heavy atom. The predicted molar refractivity (Wildman–Crippen MR) is 72.6 cm³/mol. The van der Waals surface area contributed by atoms with E-state index in [0.717, 1.165) is 0 Å². The minimum atomic E-state index is -0.328. The van der Waals surface area contributed by atoms with Crippen LogP contribution < -0.4 is 9.47 Å². The average molecular weight is 276 g/mol. The molecule has 0 saturated carbocycles. The Balaban J connectivity index is 2.53. The van der Waals surface area contributed by atoms with Crippen LogP contribution in [0.2, 0.25) is 0 Å². The van der Waals surface area contributed by atoms with Gasteiger partial charge in [0.2, 0.25) is 11.7 Å². The molecule has 0 spiro atoms. The van der Waals surface area contributed by atoms with Crippen LogP contribution in [-0.2, 0) is 7.05 Å². The molecule has 0 saturated heterocycles. The number of ketones is 1. The second-order valence-electron chi connectivity index (χ2n) is 4.34. The molecule has 6 heteroatoms. The molecule has 106 valence electrons. The minimum Gasteiger partial charge on any atom is -0.497 e. The number of methoxy groups -OCH3 is 2. The summed E-state index contributed by atoms with van der Waals surface area (Å²) in [5.41, 5.74) is 1.02. The topological polar surface area (TPSA) is 73.6 Å². The van der Waals surface area contributed by atoms with Gasteiger partial charge in [-0.1, -0.05) is 0 Å². The predicted octanol–water partition coefficient (Wildman–Crippen LogP) is 1.68. The van der Waals surface area contributed by atoms with Crippen molar-refractivity contribution in [3.05, 3.63) is 35.0 Å². The number of nitrogens with zero attached hydrogens (tertiary/aromatic N) is 2. The van der Waals surface area contributed by atoms with Crippen LogP contribution in [0, 0.1) is 6.92 Å². The fourth-order valence-electron chi connectivity index (χ4n) is 1.99. The Labute approximate surface area is 116 Å². The number of aromatic hydroxyl groups is 1. The first-order chi connectivity index (χ1) is 9.47. The van der Waals surface area contributed by atoms with Crippen LogP contribution in [0.15, 0.2) is 18.2 Å². The standard InChI is InChI=1S/C14H16N2O4/c1-8-12(14(18)16(2)15-8)13(17)9-5-10(19-3)7-11(6-9)20-4/h5-7,18H,1-4H3. The van der Waals surface area contributed by atoms with Gasteiger partial charge < -0.3 is 14.6 Å². The Bertz CT molecular complexity index is 639. The quantitative estimate of drug-likeness (QED) is 0.860. The highest BCUT2D eigenvalue weighted by Gasteiger charge is 2.22. The molecule has 1 heterocycles. The van der Waals surface area contributed by atoms with Gasteiger partial charge in [0.05, 0.1) is 19.9 Å². The number of aromatic nitrogens is 2. The number of carbonyl (C=O) groups is 1. The van der Waals surface area contributed by atoms with E-state index in [1.54, 1.807) is 32.2 Å². The molecule has 0 radical (unpaired) electrons. The highest BCUT2D eigenvalue weighted by molar-refractivity contribution is 6.11. The Morgan fingerprint density at radius 1 is 1.20 bits per heavy atom. The monoisotopic (exact) mass is 276 g/mol. The van der Waals surface area contributed by atoms with Crippen molar-refractivity contribution in [1.29, 1.82) is 0 Å². The lowest BCUT2D eigenvalue weighted by Crippen LogP contribution is -2.04. The van der Waals surface area contributed by atoms with Gasteiger partial charge in [-0.25, -0.2) is 4.68 Å². The second kappa shape index (κ2) is 5.24. The van der Waals surface area contributed by atoms with E-state index in [-0.39, 0.29) is 17.2 Å². The normalized spacial score (nSPS) is 10.4. The fraction of sp³-hybridized carbons (Fsp3) is 0.286. The first kappa shape index (κ1) is 13.9. The lowest BCUT2D eigenvalue weighted by Gasteiger charge is -2.07. The third-order valence-electron chi connectivity index (χ3n) is 3.03. The zero-order valence-electron chi connectivity index (χ0n) is 11.8. The van der Waals surface area contributed by atoms with Crippen LogP contribution in [0.25, 0.3) is 0 Å². The van der Waals surface area contributed by atoms with Crippen LogP contribution in [0.1, 0.15) is 21.6 Å². The number of hydrogen-bond acceptors (Lipinski definition) is 5. The van der Waals surface area contributed by atoms with Gasteiger partial charge in [-0.05, 0) is 19.1 Å². The van der Waals surface area contributed by atoms with Crippen LogP contribution in [0.3, 0.4) is 0 Å². The van der Waals surface area contributed by atoms with E-state index in [1.165, 1.54) is 18.9 Å².